The summed E-state index contributed by atoms with van der Waals surface area (Å²) in [4.78, 5) is 40.4. The molecule has 2 N–H and O–H groups in total. The van der Waals surface area contributed by atoms with E-state index < -0.39 is 35.5 Å². The van der Waals surface area contributed by atoms with Gasteiger partial charge in [-0.25, -0.2) is 4.79 Å². The Balaban J connectivity index is 1.32. The quantitative estimate of drug-likeness (QED) is 0.548. The van der Waals surface area contributed by atoms with Crippen LogP contribution in [0.25, 0.3) is 0 Å². The fraction of sp³-hybridized carbons (Fsp3) is 0.645. The molecule has 3 saturated carbocycles. The molecule has 206 valence electrons. The molecular formula is C31H41NO6. The van der Waals surface area contributed by atoms with Crippen molar-refractivity contribution < 1.29 is 29.3 Å². The summed E-state index contributed by atoms with van der Waals surface area (Å²) in [5.74, 6) is -0.638. The first kappa shape index (κ1) is 27.2. The van der Waals surface area contributed by atoms with Crippen LogP contribution in [0.3, 0.4) is 0 Å². The second kappa shape index (κ2) is 9.68. The van der Waals surface area contributed by atoms with Gasteiger partial charge in [-0.15, -0.1) is 0 Å². The lowest BCUT2D eigenvalue weighted by atomic mass is 9.45. The van der Waals surface area contributed by atoms with Crippen molar-refractivity contribution in [2.75, 3.05) is 20.7 Å². The average molecular weight is 524 g/mol. The molecule has 4 aliphatic carbocycles. The number of hydrogen-bond acceptors (Lipinski definition) is 7. The molecule has 3 fully saturated rings. The molecule has 0 aliphatic heterocycles. The van der Waals surface area contributed by atoms with Gasteiger partial charge in [0.1, 0.15) is 5.60 Å². The third-order valence-electron chi connectivity index (χ3n) is 10.5. The Morgan fingerprint density at radius 3 is 2.63 bits per heavy atom. The van der Waals surface area contributed by atoms with Crippen LogP contribution < -0.4 is 0 Å². The zero-order chi connectivity index (χ0) is 27.5. The van der Waals surface area contributed by atoms with Crippen LogP contribution in [0, 0.1) is 28.6 Å². The van der Waals surface area contributed by atoms with Gasteiger partial charge in [0, 0.05) is 18.4 Å². The van der Waals surface area contributed by atoms with Crippen LogP contribution in [0.1, 0.15) is 74.7 Å². The third kappa shape index (κ3) is 4.27. The monoisotopic (exact) mass is 523 g/mol. The molecule has 0 bridgehead atoms. The molecule has 0 aromatic heterocycles. The van der Waals surface area contributed by atoms with Crippen LogP contribution in [-0.2, 0) is 20.9 Å². The highest BCUT2D eigenvalue weighted by Crippen LogP contribution is 2.67. The van der Waals surface area contributed by atoms with Crippen molar-refractivity contribution in [1.29, 1.82) is 0 Å². The standard InChI is InChI=1S/C31H41NO6/c1-29-12-10-22(33)15-21(29)8-9-23-24-11-13-31(37,30(24,2)16-25(34)27(23)29)26(35)18-38-28(36)20-7-5-6-19(14-20)17-32(3)4/h5-7,14-15,23-25,27,34,37H,8-13,16-18H2,1-4H3/t23-,24-,25-,27+,29-,30-,31-/m0/s1. The van der Waals surface area contributed by atoms with Crippen molar-refractivity contribution in [1.82, 2.24) is 4.90 Å². The van der Waals surface area contributed by atoms with Crippen molar-refractivity contribution in [3.05, 3.63) is 47.0 Å². The number of Topliss-reactive ketones (excluding diaryl/α,β-unsaturated/α-hetero) is 1. The van der Waals surface area contributed by atoms with Crippen LogP contribution in [0.2, 0.25) is 0 Å². The molecule has 0 radical (unpaired) electrons. The van der Waals surface area contributed by atoms with Gasteiger partial charge in [0.15, 0.2) is 12.4 Å². The van der Waals surface area contributed by atoms with E-state index in [0.717, 1.165) is 30.4 Å². The van der Waals surface area contributed by atoms with Crippen molar-refractivity contribution in [3.8, 4) is 0 Å². The lowest BCUT2D eigenvalue weighted by molar-refractivity contribution is -0.182. The molecular weight excluding hydrogens is 482 g/mol. The smallest absolute Gasteiger partial charge is 0.338 e. The fourth-order valence-electron chi connectivity index (χ4n) is 8.65. The minimum atomic E-state index is -1.66. The zero-order valence-corrected chi connectivity index (χ0v) is 23.0. The van der Waals surface area contributed by atoms with Gasteiger partial charge in [-0.1, -0.05) is 31.6 Å². The number of fused-ring (bicyclic) bond motifs is 5. The first-order chi connectivity index (χ1) is 17.9. The molecule has 4 aliphatic rings. The number of benzene rings is 1. The normalized spacial score (nSPS) is 38.2. The number of hydrogen-bond donors (Lipinski definition) is 2. The highest BCUT2D eigenvalue weighted by atomic mass is 16.5. The maximum Gasteiger partial charge on any atom is 0.338 e. The number of aliphatic hydroxyl groups excluding tert-OH is 1. The molecule has 0 saturated heterocycles. The van der Waals surface area contributed by atoms with Crippen molar-refractivity contribution in [2.24, 2.45) is 28.6 Å². The van der Waals surface area contributed by atoms with Crippen molar-refractivity contribution in [2.45, 2.75) is 77.0 Å². The highest BCUT2D eigenvalue weighted by Gasteiger charge is 2.68. The molecule has 7 heteroatoms. The Morgan fingerprint density at radius 2 is 1.89 bits per heavy atom. The predicted molar refractivity (Wildman–Crippen MR) is 142 cm³/mol. The number of rotatable bonds is 6. The predicted octanol–water partition coefficient (Wildman–Crippen LogP) is 3.71. The number of ketones is 2. The highest BCUT2D eigenvalue weighted by molar-refractivity contribution is 5.94. The number of nitrogens with zero attached hydrogens (tertiary/aromatic N) is 1. The van der Waals surface area contributed by atoms with E-state index >= 15 is 0 Å². The van der Waals surface area contributed by atoms with Crippen LogP contribution in [0.4, 0.5) is 0 Å². The number of ether oxygens (including phenoxy) is 1. The van der Waals surface area contributed by atoms with Gasteiger partial charge >= 0.3 is 5.97 Å². The minimum absolute atomic E-state index is 0.0124. The largest absolute Gasteiger partial charge is 0.454 e. The molecule has 38 heavy (non-hydrogen) atoms. The molecule has 0 amide bonds. The van der Waals surface area contributed by atoms with Crippen LogP contribution in [-0.4, -0.2) is 65.1 Å². The van der Waals surface area contributed by atoms with Gasteiger partial charge < -0.3 is 19.8 Å². The van der Waals surface area contributed by atoms with E-state index in [-0.39, 0.29) is 29.0 Å². The van der Waals surface area contributed by atoms with Gasteiger partial charge in [-0.2, -0.15) is 0 Å². The second-order valence-corrected chi connectivity index (χ2v) is 12.9. The van der Waals surface area contributed by atoms with Gasteiger partial charge in [-0.05, 0) is 99.6 Å². The lowest BCUT2D eigenvalue weighted by Crippen LogP contribution is -2.62. The van der Waals surface area contributed by atoms with E-state index in [4.69, 9.17) is 4.74 Å². The number of carbonyl (C=O) groups excluding carboxylic acids is 3. The second-order valence-electron chi connectivity index (χ2n) is 12.9. The third-order valence-corrected chi connectivity index (χ3v) is 10.5. The fourth-order valence-corrected chi connectivity index (χ4v) is 8.65. The van der Waals surface area contributed by atoms with E-state index in [1.54, 1.807) is 24.3 Å². The van der Waals surface area contributed by atoms with Crippen LogP contribution >= 0.6 is 0 Å². The molecule has 7 nitrogen and oxygen atoms in total. The Labute approximate surface area is 225 Å². The van der Waals surface area contributed by atoms with Crippen molar-refractivity contribution in [3.63, 3.8) is 0 Å². The molecule has 1 aromatic rings. The lowest BCUT2D eigenvalue weighted by Gasteiger charge is -2.60. The minimum Gasteiger partial charge on any atom is -0.454 e. The van der Waals surface area contributed by atoms with E-state index in [1.807, 2.05) is 32.0 Å². The Hall–Kier alpha value is -2.35. The summed E-state index contributed by atoms with van der Waals surface area (Å²) in [6.45, 7) is 4.31. The van der Waals surface area contributed by atoms with E-state index in [1.165, 1.54) is 0 Å². The SMILES string of the molecule is CN(C)Cc1cccc(C(=O)OCC(=O)[C@@]2(O)CC[C@H]3[C@@H]4CCC5=CC(=O)CC[C@]5(C)[C@H]4[C@@H](O)C[C@@]32C)c1. The van der Waals surface area contributed by atoms with E-state index in [2.05, 4.69) is 6.92 Å². The van der Waals surface area contributed by atoms with Gasteiger partial charge in [0.05, 0.1) is 11.7 Å². The zero-order valence-electron chi connectivity index (χ0n) is 23.0. The summed E-state index contributed by atoms with van der Waals surface area (Å²) in [6.07, 6.45) is 5.36. The molecule has 7 atom stereocenters. The maximum absolute atomic E-state index is 13.5. The number of allylic oxidation sites excluding steroid dienone is 1. The summed E-state index contributed by atoms with van der Waals surface area (Å²) in [5, 5.41) is 23.4. The summed E-state index contributed by atoms with van der Waals surface area (Å²) in [6, 6.07) is 7.15. The van der Waals surface area contributed by atoms with E-state index in [9.17, 15) is 24.6 Å². The molecule has 5 rings (SSSR count). The topological polar surface area (TPSA) is 104 Å². The van der Waals surface area contributed by atoms with Gasteiger partial charge in [0.25, 0.3) is 0 Å². The summed E-state index contributed by atoms with van der Waals surface area (Å²) in [5.41, 5.74) is -0.183. The van der Waals surface area contributed by atoms with Crippen LogP contribution in [0.5, 0.6) is 0 Å². The van der Waals surface area contributed by atoms with Gasteiger partial charge in [0.2, 0.25) is 5.78 Å². The maximum atomic E-state index is 13.5. The Morgan fingerprint density at radius 1 is 1.13 bits per heavy atom. The summed E-state index contributed by atoms with van der Waals surface area (Å²) in [7, 11) is 3.90. The Bertz CT molecular complexity index is 1170. The van der Waals surface area contributed by atoms with Crippen molar-refractivity contribution >= 4 is 17.5 Å². The molecule has 1 aromatic carbocycles. The first-order valence-corrected chi connectivity index (χ1v) is 14.0. The summed E-state index contributed by atoms with van der Waals surface area (Å²) >= 11 is 0. The summed E-state index contributed by atoms with van der Waals surface area (Å²) < 4.78 is 5.42. The molecule has 0 heterocycles. The number of aliphatic hydroxyl groups is 2. The van der Waals surface area contributed by atoms with Crippen LogP contribution in [0.15, 0.2) is 35.9 Å². The number of carbonyl (C=O) groups is 3. The Kier molecular flexibility index (Phi) is 6.94. The first-order valence-electron chi connectivity index (χ1n) is 14.0. The molecule has 0 unspecified atom stereocenters. The van der Waals surface area contributed by atoms with E-state index in [0.29, 0.717) is 37.8 Å². The average Bonchev–Trinajstić information content (AvgIpc) is 3.13. The van der Waals surface area contributed by atoms with Gasteiger partial charge in [-0.3, -0.25) is 9.59 Å². The molecule has 0 spiro atoms. The number of esters is 1.